The lowest BCUT2D eigenvalue weighted by Crippen LogP contribution is -2.34. The van der Waals surface area contributed by atoms with Gasteiger partial charge in [-0.1, -0.05) is 12.1 Å². The monoisotopic (exact) mass is 429 g/mol. The molecule has 3 atom stereocenters. The van der Waals surface area contributed by atoms with E-state index in [2.05, 4.69) is 39.0 Å². The molecule has 4 heterocycles. The van der Waals surface area contributed by atoms with Gasteiger partial charge >= 0.3 is 0 Å². The second-order valence-electron chi connectivity index (χ2n) is 8.73. The first-order valence-electron chi connectivity index (χ1n) is 10.9. The van der Waals surface area contributed by atoms with Crippen LogP contribution in [0.2, 0.25) is 0 Å². The molecule has 164 valence electrons. The Bertz CT molecular complexity index is 1120. The van der Waals surface area contributed by atoms with Crippen molar-refractivity contribution in [3.05, 3.63) is 71.8 Å². The minimum Gasteiger partial charge on any atom is -0.497 e. The quantitative estimate of drug-likeness (QED) is 0.634. The number of aromatic nitrogens is 3. The second kappa shape index (κ2) is 8.31. The lowest BCUT2D eigenvalue weighted by atomic mass is 9.89. The van der Waals surface area contributed by atoms with Crippen molar-refractivity contribution in [2.45, 2.75) is 13.0 Å². The van der Waals surface area contributed by atoms with Crippen LogP contribution in [0, 0.1) is 18.8 Å². The molecule has 0 aliphatic carbocycles. The number of fused-ring (bicyclic) bond motifs is 1. The predicted octanol–water partition coefficient (Wildman–Crippen LogP) is 3.23. The first-order chi connectivity index (χ1) is 15.5. The molecule has 0 unspecified atom stereocenters. The normalized spacial score (nSPS) is 22.7. The molecule has 2 saturated heterocycles. The molecule has 0 N–H and O–H groups in total. The van der Waals surface area contributed by atoms with Gasteiger partial charge in [0.1, 0.15) is 5.75 Å². The van der Waals surface area contributed by atoms with Crippen molar-refractivity contribution in [2.75, 3.05) is 33.8 Å². The number of carbonyl (C=O) groups is 1. The van der Waals surface area contributed by atoms with Crippen LogP contribution < -0.4 is 4.74 Å². The van der Waals surface area contributed by atoms with Gasteiger partial charge < -0.3 is 9.64 Å². The fourth-order valence-corrected chi connectivity index (χ4v) is 5.21. The molecule has 2 fully saturated rings. The highest BCUT2D eigenvalue weighted by Gasteiger charge is 2.47. The molecule has 0 bridgehead atoms. The molecular formula is C25H27N5O2. The van der Waals surface area contributed by atoms with Gasteiger partial charge in [0.05, 0.1) is 18.4 Å². The van der Waals surface area contributed by atoms with Crippen molar-refractivity contribution in [3.63, 3.8) is 0 Å². The third-order valence-corrected chi connectivity index (χ3v) is 6.77. The van der Waals surface area contributed by atoms with Crippen LogP contribution in [0.3, 0.4) is 0 Å². The number of hydrogen-bond donors (Lipinski definition) is 0. The van der Waals surface area contributed by atoms with E-state index in [4.69, 9.17) is 4.74 Å². The maximum absolute atomic E-state index is 13.4. The molecule has 2 aromatic heterocycles. The van der Waals surface area contributed by atoms with Crippen molar-refractivity contribution < 1.29 is 9.53 Å². The highest BCUT2D eigenvalue weighted by molar-refractivity contribution is 5.95. The van der Waals surface area contributed by atoms with E-state index >= 15 is 0 Å². The molecule has 0 spiro atoms. The second-order valence-corrected chi connectivity index (χ2v) is 8.73. The summed E-state index contributed by atoms with van der Waals surface area (Å²) in [6.45, 7) is 4.37. The van der Waals surface area contributed by atoms with Gasteiger partial charge in [-0.2, -0.15) is 0 Å². The zero-order valence-electron chi connectivity index (χ0n) is 18.6. The number of amides is 1. The largest absolute Gasteiger partial charge is 0.497 e. The van der Waals surface area contributed by atoms with Crippen molar-refractivity contribution in [1.82, 2.24) is 24.8 Å². The first kappa shape index (κ1) is 20.6. The van der Waals surface area contributed by atoms with Crippen LogP contribution in [0.4, 0.5) is 0 Å². The Labute approximate surface area is 188 Å². The van der Waals surface area contributed by atoms with E-state index < -0.39 is 0 Å². The number of likely N-dealkylation sites (tertiary alicyclic amines) is 2. The third kappa shape index (κ3) is 3.62. The first-order valence-corrected chi connectivity index (χ1v) is 10.9. The summed E-state index contributed by atoms with van der Waals surface area (Å²) in [6.07, 6.45) is 5.11. The molecule has 0 radical (unpaired) electrons. The number of carbonyl (C=O) groups excluding carboxylic acids is 1. The highest BCUT2D eigenvalue weighted by atomic mass is 16.5. The van der Waals surface area contributed by atoms with Crippen molar-refractivity contribution >= 4 is 5.91 Å². The van der Waals surface area contributed by atoms with Crippen LogP contribution in [0.1, 0.15) is 27.7 Å². The number of pyridine rings is 1. The van der Waals surface area contributed by atoms with E-state index in [1.54, 1.807) is 25.7 Å². The summed E-state index contributed by atoms with van der Waals surface area (Å²) in [5.41, 5.74) is 3.39. The fourth-order valence-electron chi connectivity index (χ4n) is 5.21. The summed E-state index contributed by atoms with van der Waals surface area (Å²) in [5, 5.41) is 0. The minimum absolute atomic E-state index is 0.0192. The molecule has 7 nitrogen and oxygen atoms in total. The molecule has 7 heteroatoms. The molecule has 5 rings (SSSR count). The van der Waals surface area contributed by atoms with Crippen molar-refractivity contribution in [1.29, 1.82) is 0 Å². The van der Waals surface area contributed by atoms with Crippen molar-refractivity contribution in [2.24, 2.45) is 11.8 Å². The van der Waals surface area contributed by atoms with Crippen LogP contribution in [-0.4, -0.2) is 64.5 Å². The summed E-state index contributed by atoms with van der Waals surface area (Å²) in [4.78, 5) is 30.9. The topological polar surface area (TPSA) is 71.5 Å². The number of benzene rings is 1. The minimum atomic E-state index is 0.0192. The Morgan fingerprint density at radius 1 is 1.09 bits per heavy atom. The zero-order valence-corrected chi connectivity index (χ0v) is 18.6. The Kier molecular flexibility index (Phi) is 5.35. The Morgan fingerprint density at radius 3 is 2.59 bits per heavy atom. The standard InChI is InChI=1S/C25H27N5O2/c1-16-21(12-27-24(28-16)18-5-4-10-26-11-18)25(31)30-14-19-13-29(2)23(22(19)15-30)17-6-8-20(32-3)9-7-17/h4-12,19,22-23H,13-15H2,1-3H3/t19-,22+,23+/m0/s1. The van der Waals surface area contributed by atoms with Crippen LogP contribution in [0.5, 0.6) is 5.75 Å². The van der Waals surface area contributed by atoms with E-state index in [1.165, 1.54) is 5.56 Å². The summed E-state index contributed by atoms with van der Waals surface area (Å²) in [6, 6.07) is 12.4. The molecule has 2 aliphatic heterocycles. The van der Waals surface area contributed by atoms with Gasteiger partial charge in [0.25, 0.3) is 5.91 Å². The third-order valence-electron chi connectivity index (χ3n) is 6.77. The van der Waals surface area contributed by atoms with Gasteiger partial charge in [-0.3, -0.25) is 14.7 Å². The van der Waals surface area contributed by atoms with E-state index in [0.717, 1.165) is 30.9 Å². The SMILES string of the molecule is COc1ccc([C@@H]2[C@@H]3CN(C(=O)c4cnc(-c5cccnc5)nc4C)C[C@@H]3CN2C)cc1. The lowest BCUT2D eigenvalue weighted by molar-refractivity contribution is 0.0766. The Balaban J connectivity index is 1.34. The van der Waals surface area contributed by atoms with Crippen molar-refractivity contribution in [3.8, 4) is 17.1 Å². The number of nitrogens with zero attached hydrogens (tertiary/aromatic N) is 5. The summed E-state index contributed by atoms with van der Waals surface area (Å²) in [7, 11) is 3.86. The van der Waals surface area contributed by atoms with Crippen LogP contribution >= 0.6 is 0 Å². The predicted molar refractivity (Wildman–Crippen MR) is 121 cm³/mol. The van der Waals surface area contributed by atoms with Gasteiger partial charge in [0.2, 0.25) is 0 Å². The van der Waals surface area contributed by atoms with E-state index in [-0.39, 0.29) is 5.91 Å². The van der Waals surface area contributed by atoms with E-state index in [1.807, 2.05) is 36.1 Å². The van der Waals surface area contributed by atoms with E-state index in [0.29, 0.717) is 35.0 Å². The average Bonchev–Trinajstić information content (AvgIpc) is 3.36. The molecular weight excluding hydrogens is 402 g/mol. The lowest BCUT2D eigenvalue weighted by Gasteiger charge is -2.27. The highest BCUT2D eigenvalue weighted by Crippen LogP contribution is 2.44. The van der Waals surface area contributed by atoms with Crippen LogP contribution in [0.15, 0.2) is 55.0 Å². The molecule has 3 aromatic rings. The average molecular weight is 430 g/mol. The number of rotatable bonds is 4. The zero-order chi connectivity index (χ0) is 22.2. The van der Waals surface area contributed by atoms with Crippen LogP contribution in [0.25, 0.3) is 11.4 Å². The number of aryl methyl sites for hydroxylation is 1. The Morgan fingerprint density at radius 2 is 1.91 bits per heavy atom. The molecule has 2 aliphatic rings. The maximum atomic E-state index is 13.4. The smallest absolute Gasteiger partial charge is 0.257 e. The van der Waals surface area contributed by atoms with Crippen LogP contribution in [-0.2, 0) is 0 Å². The van der Waals surface area contributed by atoms with Gasteiger partial charge in [-0.15, -0.1) is 0 Å². The number of methoxy groups -OCH3 is 1. The molecule has 1 amide bonds. The fraction of sp³-hybridized carbons (Fsp3) is 0.360. The summed E-state index contributed by atoms with van der Waals surface area (Å²) >= 11 is 0. The molecule has 0 saturated carbocycles. The summed E-state index contributed by atoms with van der Waals surface area (Å²) < 4.78 is 5.31. The van der Waals surface area contributed by atoms with Gasteiger partial charge in [-0.05, 0) is 49.7 Å². The van der Waals surface area contributed by atoms with Gasteiger partial charge in [0, 0.05) is 55.7 Å². The van der Waals surface area contributed by atoms with E-state index in [9.17, 15) is 4.79 Å². The van der Waals surface area contributed by atoms with Gasteiger partial charge in [0.15, 0.2) is 5.82 Å². The molecule has 32 heavy (non-hydrogen) atoms. The molecule has 1 aromatic carbocycles. The maximum Gasteiger partial charge on any atom is 0.257 e. The Hall–Kier alpha value is -3.32. The number of hydrogen-bond acceptors (Lipinski definition) is 6. The number of ether oxygens (including phenoxy) is 1. The van der Waals surface area contributed by atoms with Gasteiger partial charge in [-0.25, -0.2) is 9.97 Å². The summed E-state index contributed by atoms with van der Waals surface area (Å²) in [5.74, 6) is 2.34.